The van der Waals surface area contributed by atoms with Crippen LogP contribution in [0, 0.1) is 11.3 Å². The molecular formula is C13H9Cl2F3N4S. The lowest BCUT2D eigenvalue weighted by molar-refractivity contribution is -0.137. The predicted molar refractivity (Wildman–Crippen MR) is 85.2 cm³/mol. The van der Waals surface area contributed by atoms with Gasteiger partial charge in [-0.2, -0.15) is 23.5 Å². The second-order valence-electron chi connectivity index (χ2n) is 4.39. The topological polar surface area (TPSA) is 44.9 Å². The average Bonchev–Trinajstić information content (AvgIpc) is 2.88. The van der Waals surface area contributed by atoms with Crippen LogP contribution >= 0.6 is 35.1 Å². The highest BCUT2D eigenvalue weighted by atomic mass is 35.5. The number of hydrogen-bond acceptors (Lipinski definition) is 4. The van der Waals surface area contributed by atoms with Crippen LogP contribution in [0.5, 0.6) is 0 Å². The number of nitrogens with zero attached hydrogens (tertiary/aromatic N) is 4. The van der Waals surface area contributed by atoms with E-state index in [9.17, 15) is 13.2 Å². The smallest absolute Gasteiger partial charge is 0.315 e. The van der Waals surface area contributed by atoms with Crippen LogP contribution in [0.1, 0.15) is 11.3 Å². The van der Waals surface area contributed by atoms with Crippen molar-refractivity contribution in [2.24, 2.45) is 0 Å². The van der Waals surface area contributed by atoms with Crippen molar-refractivity contribution in [1.29, 1.82) is 5.26 Å². The molecule has 0 amide bonds. The molecule has 0 fully saturated rings. The van der Waals surface area contributed by atoms with Gasteiger partial charge in [-0.15, -0.1) is 0 Å². The van der Waals surface area contributed by atoms with Crippen molar-refractivity contribution in [3.63, 3.8) is 0 Å². The number of benzene rings is 1. The molecule has 23 heavy (non-hydrogen) atoms. The van der Waals surface area contributed by atoms with E-state index < -0.39 is 11.7 Å². The van der Waals surface area contributed by atoms with Gasteiger partial charge in [0.15, 0.2) is 5.69 Å². The molecule has 0 atom stereocenters. The Morgan fingerprint density at radius 1 is 1.30 bits per heavy atom. The standard InChI is InChI=1S/C13H9Cl2F3N4S/c1-21(23-2)11-6-22(20-10(11)5-19)12-8(14)3-7(4-9(12)15)13(16,17)18/h3-4,6H,1-2H3. The minimum absolute atomic E-state index is 0.0820. The van der Waals surface area contributed by atoms with Gasteiger partial charge in [-0.25, -0.2) is 4.68 Å². The highest BCUT2D eigenvalue weighted by Gasteiger charge is 2.32. The minimum atomic E-state index is -4.56. The van der Waals surface area contributed by atoms with Crippen molar-refractivity contribution in [2.45, 2.75) is 6.18 Å². The molecule has 0 aliphatic rings. The maximum absolute atomic E-state index is 12.8. The first-order valence-electron chi connectivity index (χ1n) is 6.03. The molecule has 0 N–H and O–H groups in total. The van der Waals surface area contributed by atoms with Crippen LogP contribution in [0.2, 0.25) is 10.0 Å². The Kier molecular flexibility index (Phi) is 5.04. The second-order valence-corrected chi connectivity index (χ2v) is 6.11. The van der Waals surface area contributed by atoms with E-state index in [1.807, 2.05) is 6.07 Å². The number of halogens is 5. The SMILES string of the molecule is CSN(C)c1cn(-c2c(Cl)cc(C(F)(F)F)cc2Cl)nc1C#N. The lowest BCUT2D eigenvalue weighted by Crippen LogP contribution is -2.07. The molecule has 2 rings (SSSR count). The fourth-order valence-corrected chi connectivity index (χ4v) is 2.83. The fourth-order valence-electron chi connectivity index (χ4n) is 1.84. The molecule has 2 aromatic rings. The van der Waals surface area contributed by atoms with Gasteiger partial charge in [0.05, 0.1) is 21.8 Å². The number of hydrogen-bond donors (Lipinski definition) is 0. The zero-order valence-electron chi connectivity index (χ0n) is 11.8. The number of nitriles is 1. The summed E-state index contributed by atoms with van der Waals surface area (Å²) < 4.78 is 41.2. The summed E-state index contributed by atoms with van der Waals surface area (Å²) in [6.45, 7) is 0. The first-order valence-corrected chi connectivity index (χ1v) is 7.97. The summed E-state index contributed by atoms with van der Waals surface area (Å²) >= 11 is 13.2. The Morgan fingerprint density at radius 2 is 1.87 bits per heavy atom. The van der Waals surface area contributed by atoms with Crippen molar-refractivity contribution in [3.8, 4) is 11.8 Å². The molecule has 122 valence electrons. The Morgan fingerprint density at radius 3 is 2.30 bits per heavy atom. The monoisotopic (exact) mass is 380 g/mol. The van der Waals surface area contributed by atoms with Crippen molar-refractivity contribution >= 4 is 40.8 Å². The molecule has 0 unspecified atom stereocenters. The summed E-state index contributed by atoms with van der Waals surface area (Å²) in [5.41, 5.74) is -0.273. The third-order valence-corrected chi connectivity index (χ3v) is 4.31. The maximum Gasteiger partial charge on any atom is 0.416 e. The molecule has 0 aliphatic carbocycles. The van der Waals surface area contributed by atoms with E-state index in [4.69, 9.17) is 28.5 Å². The summed E-state index contributed by atoms with van der Waals surface area (Å²) in [4.78, 5) is 0. The summed E-state index contributed by atoms with van der Waals surface area (Å²) in [5, 5.41) is 12.7. The molecule has 0 saturated carbocycles. The van der Waals surface area contributed by atoms with Crippen LogP contribution < -0.4 is 4.31 Å². The number of rotatable bonds is 3. The second kappa shape index (κ2) is 6.51. The van der Waals surface area contributed by atoms with Crippen molar-refractivity contribution in [2.75, 3.05) is 17.6 Å². The Hall–Kier alpha value is -1.56. The van der Waals surface area contributed by atoms with Gasteiger partial charge in [0.2, 0.25) is 0 Å². The molecule has 10 heteroatoms. The van der Waals surface area contributed by atoms with E-state index in [0.29, 0.717) is 5.69 Å². The van der Waals surface area contributed by atoms with E-state index >= 15 is 0 Å². The van der Waals surface area contributed by atoms with Gasteiger partial charge in [-0.1, -0.05) is 35.1 Å². The van der Waals surface area contributed by atoms with E-state index in [-0.39, 0.29) is 21.4 Å². The number of anilines is 1. The quantitative estimate of drug-likeness (QED) is 0.718. The molecule has 0 aliphatic heterocycles. The number of aromatic nitrogens is 2. The first-order chi connectivity index (χ1) is 10.7. The van der Waals surface area contributed by atoms with Gasteiger partial charge in [-0.3, -0.25) is 0 Å². The minimum Gasteiger partial charge on any atom is -0.315 e. The van der Waals surface area contributed by atoms with Crippen molar-refractivity contribution in [3.05, 3.63) is 39.6 Å². The average molecular weight is 381 g/mol. The third-order valence-electron chi connectivity index (χ3n) is 2.99. The molecule has 0 spiro atoms. The van der Waals surface area contributed by atoms with Crippen molar-refractivity contribution < 1.29 is 13.2 Å². The largest absolute Gasteiger partial charge is 0.416 e. The summed E-state index contributed by atoms with van der Waals surface area (Å²) in [6.07, 6.45) is -1.27. The molecule has 1 aromatic heterocycles. The molecule has 4 nitrogen and oxygen atoms in total. The first kappa shape index (κ1) is 17.8. The highest BCUT2D eigenvalue weighted by molar-refractivity contribution is 7.99. The molecule has 1 aromatic carbocycles. The van der Waals surface area contributed by atoms with E-state index in [1.54, 1.807) is 17.6 Å². The normalized spacial score (nSPS) is 11.4. The van der Waals surface area contributed by atoms with Crippen LogP contribution in [-0.2, 0) is 6.18 Å². The van der Waals surface area contributed by atoms with Gasteiger partial charge in [0.1, 0.15) is 17.4 Å². The molecule has 1 heterocycles. The fraction of sp³-hybridized carbons (Fsp3) is 0.231. The summed E-state index contributed by atoms with van der Waals surface area (Å²) in [7, 11) is 1.73. The predicted octanol–water partition coefficient (Wildman–Crippen LogP) is 4.78. The van der Waals surface area contributed by atoms with E-state index in [2.05, 4.69) is 5.10 Å². The Balaban J connectivity index is 2.60. The van der Waals surface area contributed by atoms with Crippen LogP contribution in [-0.4, -0.2) is 23.1 Å². The lowest BCUT2D eigenvalue weighted by Gasteiger charge is -2.13. The van der Waals surface area contributed by atoms with Gasteiger partial charge in [0.25, 0.3) is 0 Å². The van der Waals surface area contributed by atoms with Gasteiger partial charge < -0.3 is 4.31 Å². The van der Waals surface area contributed by atoms with E-state index in [0.717, 1.165) is 12.1 Å². The summed E-state index contributed by atoms with van der Waals surface area (Å²) in [6, 6.07) is 3.47. The molecule has 0 bridgehead atoms. The number of alkyl halides is 3. The highest BCUT2D eigenvalue weighted by Crippen LogP contribution is 2.38. The van der Waals surface area contributed by atoms with Gasteiger partial charge >= 0.3 is 6.18 Å². The zero-order chi connectivity index (χ0) is 17.4. The Labute approximate surface area is 144 Å². The van der Waals surface area contributed by atoms with Crippen LogP contribution in [0.15, 0.2) is 18.3 Å². The van der Waals surface area contributed by atoms with Crippen LogP contribution in [0.25, 0.3) is 5.69 Å². The zero-order valence-corrected chi connectivity index (χ0v) is 14.1. The van der Waals surface area contributed by atoms with Crippen molar-refractivity contribution in [1.82, 2.24) is 9.78 Å². The molecular weight excluding hydrogens is 372 g/mol. The van der Waals surface area contributed by atoms with E-state index in [1.165, 1.54) is 22.8 Å². The molecule has 0 saturated heterocycles. The summed E-state index contributed by atoms with van der Waals surface area (Å²) in [5.74, 6) is 0. The third kappa shape index (κ3) is 3.52. The van der Waals surface area contributed by atoms with Gasteiger partial charge in [0, 0.05) is 13.3 Å². The van der Waals surface area contributed by atoms with Crippen LogP contribution in [0.4, 0.5) is 18.9 Å². The van der Waals surface area contributed by atoms with Crippen LogP contribution in [0.3, 0.4) is 0 Å². The maximum atomic E-state index is 12.8. The Bertz CT molecular complexity index is 759. The molecule has 0 radical (unpaired) electrons. The van der Waals surface area contributed by atoms with Gasteiger partial charge in [-0.05, 0) is 12.1 Å². The lowest BCUT2D eigenvalue weighted by atomic mass is 10.2.